The predicted octanol–water partition coefficient (Wildman–Crippen LogP) is 2.28. The van der Waals surface area contributed by atoms with Crippen molar-refractivity contribution >= 4 is 23.3 Å². The first kappa shape index (κ1) is 16.2. The molecule has 1 N–H and O–H groups in total. The van der Waals surface area contributed by atoms with E-state index in [0.717, 1.165) is 0 Å². The monoisotopic (exact) mass is 273 g/mol. The molecule has 17 heavy (non-hydrogen) atoms. The molecule has 0 aliphatic rings. The Balaban J connectivity index is 4.69. The van der Waals surface area contributed by atoms with E-state index in [2.05, 4.69) is 0 Å². The topological polar surface area (TPSA) is 46.2 Å². The molecule has 0 saturated carbocycles. The van der Waals surface area contributed by atoms with Crippen LogP contribution in [0, 0.1) is 5.41 Å². The Morgan fingerprint density at radius 1 is 1.18 bits per heavy atom. The van der Waals surface area contributed by atoms with Gasteiger partial charge < -0.3 is 5.32 Å². The fraction of sp³-hybridized carbons (Fsp3) is 0.800. The fourth-order valence-corrected chi connectivity index (χ4v) is 1.77. The minimum atomic E-state index is -4.93. The average molecular weight is 274 g/mol. The molecule has 0 aliphatic heterocycles. The number of hydrogen-bond donors (Lipinski definition) is 1. The van der Waals surface area contributed by atoms with Gasteiger partial charge in [-0.05, 0) is 12.8 Å². The van der Waals surface area contributed by atoms with Gasteiger partial charge in [0, 0.05) is 12.0 Å². The lowest BCUT2D eigenvalue weighted by atomic mass is 9.78. The largest absolute Gasteiger partial charge is 0.471 e. The summed E-state index contributed by atoms with van der Waals surface area (Å²) in [6.07, 6.45) is -4.28. The number of ketones is 1. The van der Waals surface area contributed by atoms with E-state index >= 15 is 0 Å². The molecule has 0 aromatic carbocycles. The first-order chi connectivity index (χ1) is 7.73. The Morgan fingerprint density at radius 3 is 1.94 bits per heavy atom. The molecule has 0 fully saturated rings. The van der Waals surface area contributed by atoms with Gasteiger partial charge in [-0.3, -0.25) is 9.59 Å². The Morgan fingerprint density at radius 2 is 1.65 bits per heavy atom. The zero-order valence-corrected chi connectivity index (χ0v) is 10.4. The molecular formula is C10H15ClF3NO2. The summed E-state index contributed by atoms with van der Waals surface area (Å²) in [6.45, 7) is 3.01. The zero-order chi connectivity index (χ0) is 13.7. The summed E-state index contributed by atoms with van der Waals surface area (Å²) in [5, 5.41) is 1.74. The summed E-state index contributed by atoms with van der Waals surface area (Å²) in [5.74, 6) is -2.67. The Bertz CT molecular complexity index is 288. The van der Waals surface area contributed by atoms with Crippen LogP contribution in [0.4, 0.5) is 13.2 Å². The third kappa shape index (κ3) is 4.18. The average Bonchev–Trinajstić information content (AvgIpc) is 2.28. The van der Waals surface area contributed by atoms with Gasteiger partial charge >= 0.3 is 12.1 Å². The van der Waals surface area contributed by atoms with Crippen LogP contribution >= 0.6 is 11.6 Å². The molecule has 0 radical (unpaired) electrons. The van der Waals surface area contributed by atoms with Gasteiger partial charge in [0.15, 0.2) is 5.78 Å². The number of rotatable bonds is 6. The first-order valence-electron chi connectivity index (χ1n) is 5.17. The van der Waals surface area contributed by atoms with Crippen LogP contribution in [0.2, 0.25) is 0 Å². The molecule has 1 amide bonds. The predicted molar refractivity (Wildman–Crippen MR) is 57.8 cm³/mol. The minimum Gasteiger partial charge on any atom is -0.347 e. The number of carbonyl (C=O) groups is 2. The quantitative estimate of drug-likeness (QED) is 0.755. The highest BCUT2D eigenvalue weighted by Gasteiger charge is 2.41. The third-order valence-corrected chi connectivity index (χ3v) is 3.15. The van der Waals surface area contributed by atoms with Crippen LogP contribution in [0.5, 0.6) is 0 Å². The number of halogens is 4. The standard InChI is InChI=1S/C10H15ClF3NO2/c1-3-9(4-2,7(16)5-11)6-15-8(17)10(12,13)14/h3-6H2,1-2H3,(H,15,17). The molecule has 0 rings (SSSR count). The number of amides is 1. The van der Waals surface area contributed by atoms with Crippen LogP contribution < -0.4 is 5.32 Å². The second-order valence-corrected chi connectivity index (χ2v) is 3.99. The Labute approximate surface area is 103 Å². The van der Waals surface area contributed by atoms with Crippen LogP contribution in [0.1, 0.15) is 26.7 Å². The highest BCUT2D eigenvalue weighted by atomic mass is 35.5. The number of carbonyl (C=O) groups excluding carboxylic acids is 2. The van der Waals surface area contributed by atoms with Crippen molar-refractivity contribution in [2.24, 2.45) is 5.41 Å². The van der Waals surface area contributed by atoms with Crippen molar-refractivity contribution in [3.63, 3.8) is 0 Å². The van der Waals surface area contributed by atoms with E-state index in [1.165, 1.54) is 0 Å². The van der Waals surface area contributed by atoms with E-state index < -0.39 is 17.5 Å². The number of nitrogens with one attached hydrogen (secondary N) is 1. The number of alkyl halides is 4. The van der Waals surface area contributed by atoms with Crippen molar-refractivity contribution in [3.8, 4) is 0 Å². The Kier molecular flexibility index (Phi) is 5.95. The van der Waals surface area contributed by atoms with Gasteiger partial charge in [0.2, 0.25) is 0 Å². The van der Waals surface area contributed by atoms with Crippen molar-refractivity contribution in [3.05, 3.63) is 0 Å². The second-order valence-electron chi connectivity index (χ2n) is 3.72. The third-order valence-electron chi connectivity index (χ3n) is 2.91. The maximum atomic E-state index is 12.0. The van der Waals surface area contributed by atoms with Crippen LogP contribution in [0.15, 0.2) is 0 Å². The number of hydrogen-bond acceptors (Lipinski definition) is 2. The van der Waals surface area contributed by atoms with Gasteiger partial charge in [0.1, 0.15) is 0 Å². The maximum absolute atomic E-state index is 12.0. The Hall–Kier alpha value is -0.780. The first-order valence-corrected chi connectivity index (χ1v) is 5.71. The molecular weight excluding hydrogens is 259 g/mol. The SMILES string of the molecule is CCC(CC)(CNC(=O)C(F)(F)F)C(=O)CCl. The van der Waals surface area contributed by atoms with Crippen molar-refractivity contribution in [2.45, 2.75) is 32.9 Å². The lowest BCUT2D eigenvalue weighted by Gasteiger charge is -2.29. The second kappa shape index (κ2) is 6.23. The van der Waals surface area contributed by atoms with Gasteiger partial charge in [-0.15, -0.1) is 11.6 Å². The maximum Gasteiger partial charge on any atom is 0.471 e. The molecule has 0 spiro atoms. The van der Waals surface area contributed by atoms with E-state index in [-0.39, 0.29) is 18.2 Å². The normalized spacial score (nSPS) is 12.4. The van der Waals surface area contributed by atoms with Crippen LogP contribution in [0.25, 0.3) is 0 Å². The van der Waals surface area contributed by atoms with Crippen molar-refractivity contribution in [1.29, 1.82) is 0 Å². The van der Waals surface area contributed by atoms with Crippen LogP contribution in [-0.4, -0.2) is 30.3 Å². The highest BCUT2D eigenvalue weighted by Crippen LogP contribution is 2.28. The lowest BCUT2D eigenvalue weighted by molar-refractivity contribution is -0.174. The minimum absolute atomic E-state index is 0.274. The molecule has 0 heterocycles. The van der Waals surface area contributed by atoms with Crippen molar-refractivity contribution in [1.82, 2.24) is 5.32 Å². The molecule has 100 valence electrons. The van der Waals surface area contributed by atoms with Gasteiger partial charge in [-0.2, -0.15) is 13.2 Å². The van der Waals surface area contributed by atoms with Crippen LogP contribution in [-0.2, 0) is 9.59 Å². The molecule has 0 atom stereocenters. The molecule has 0 aromatic heterocycles. The van der Waals surface area contributed by atoms with E-state index in [9.17, 15) is 22.8 Å². The summed E-state index contributed by atoms with van der Waals surface area (Å²) in [4.78, 5) is 22.3. The highest BCUT2D eigenvalue weighted by molar-refractivity contribution is 6.28. The van der Waals surface area contributed by atoms with Gasteiger partial charge in [-0.25, -0.2) is 0 Å². The smallest absolute Gasteiger partial charge is 0.347 e. The van der Waals surface area contributed by atoms with Gasteiger partial charge in [0.25, 0.3) is 0 Å². The van der Waals surface area contributed by atoms with Crippen LogP contribution in [0.3, 0.4) is 0 Å². The molecule has 3 nitrogen and oxygen atoms in total. The zero-order valence-electron chi connectivity index (χ0n) is 9.66. The molecule has 0 aliphatic carbocycles. The molecule has 0 unspecified atom stereocenters. The van der Waals surface area contributed by atoms with E-state index in [0.29, 0.717) is 12.8 Å². The summed E-state index contributed by atoms with van der Waals surface area (Å²) in [6, 6.07) is 0. The van der Waals surface area contributed by atoms with E-state index in [4.69, 9.17) is 11.6 Å². The molecule has 0 saturated heterocycles. The van der Waals surface area contributed by atoms with E-state index in [1.54, 1.807) is 19.2 Å². The van der Waals surface area contributed by atoms with Crippen molar-refractivity contribution < 1.29 is 22.8 Å². The fourth-order valence-electron chi connectivity index (χ4n) is 1.48. The molecule has 7 heteroatoms. The summed E-state index contributed by atoms with van der Waals surface area (Å²) < 4.78 is 36.0. The molecule has 0 bridgehead atoms. The van der Waals surface area contributed by atoms with Crippen molar-refractivity contribution in [2.75, 3.05) is 12.4 Å². The van der Waals surface area contributed by atoms with E-state index in [1.807, 2.05) is 0 Å². The summed E-state index contributed by atoms with van der Waals surface area (Å²) in [7, 11) is 0. The number of Topliss-reactive ketones (excluding diaryl/α,β-unsaturated/α-hetero) is 1. The summed E-state index contributed by atoms with van der Waals surface area (Å²) >= 11 is 5.41. The van der Waals surface area contributed by atoms with Gasteiger partial charge in [-0.1, -0.05) is 13.8 Å². The lowest BCUT2D eigenvalue weighted by Crippen LogP contribution is -2.46. The molecule has 0 aromatic rings. The summed E-state index contributed by atoms with van der Waals surface area (Å²) in [5.41, 5.74) is -1.01. The van der Waals surface area contributed by atoms with Gasteiger partial charge in [0.05, 0.1) is 5.88 Å².